The van der Waals surface area contributed by atoms with E-state index < -0.39 is 0 Å². The number of nitrogens with one attached hydrogen (secondary N) is 2. The van der Waals surface area contributed by atoms with Gasteiger partial charge in [-0.3, -0.25) is 10.1 Å². The van der Waals surface area contributed by atoms with Gasteiger partial charge in [0, 0.05) is 6.20 Å². The Morgan fingerprint density at radius 1 is 1.67 bits per heavy atom. The van der Waals surface area contributed by atoms with Crippen LogP contribution in [0.1, 0.15) is 0 Å². The standard InChI is InChI=1S/C5H3ClN4OS/c6-2-1-7-10-3(2)8-4(12)9-5(10)11/h1,7H,(H,9,11,12). The second-order valence-corrected chi connectivity index (χ2v) is 2.92. The normalized spacial score (nSPS) is 10.8. The zero-order chi connectivity index (χ0) is 8.72. The highest BCUT2D eigenvalue weighted by atomic mass is 35.5. The highest BCUT2D eigenvalue weighted by Crippen LogP contribution is 2.10. The first kappa shape index (κ1) is 7.51. The maximum atomic E-state index is 11.1. The lowest BCUT2D eigenvalue weighted by Crippen LogP contribution is -2.18. The van der Waals surface area contributed by atoms with Crippen LogP contribution in [0.15, 0.2) is 11.0 Å². The lowest BCUT2D eigenvalue weighted by atomic mass is 10.7. The first-order valence-corrected chi connectivity index (χ1v) is 3.83. The summed E-state index contributed by atoms with van der Waals surface area (Å²) in [4.78, 5) is 17.3. The third-order valence-electron chi connectivity index (χ3n) is 1.37. The van der Waals surface area contributed by atoms with Crippen molar-refractivity contribution in [3.05, 3.63) is 26.5 Å². The number of rotatable bonds is 0. The van der Waals surface area contributed by atoms with E-state index in [1.807, 2.05) is 0 Å². The fourth-order valence-corrected chi connectivity index (χ4v) is 1.23. The predicted molar refractivity (Wildman–Crippen MR) is 46.0 cm³/mol. The number of halogens is 1. The van der Waals surface area contributed by atoms with Crippen molar-refractivity contribution in [2.24, 2.45) is 0 Å². The van der Waals surface area contributed by atoms with Gasteiger partial charge in [0.25, 0.3) is 0 Å². The quantitative estimate of drug-likeness (QED) is 0.619. The average Bonchev–Trinajstić information content (AvgIpc) is 2.33. The van der Waals surface area contributed by atoms with Crippen LogP contribution in [-0.4, -0.2) is 19.6 Å². The zero-order valence-corrected chi connectivity index (χ0v) is 7.24. The van der Waals surface area contributed by atoms with Gasteiger partial charge in [-0.1, -0.05) is 11.6 Å². The first-order chi connectivity index (χ1) is 5.68. The van der Waals surface area contributed by atoms with Gasteiger partial charge in [-0.05, 0) is 12.2 Å². The summed E-state index contributed by atoms with van der Waals surface area (Å²) in [7, 11) is 0. The Hall–Kier alpha value is -1.14. The molecule has 0 aliphatic heterocycles. The second kappa shape index (κ2) is 2.43. The molecule has 0 aliphatic rings. The highest BCUT2D eigenvalue weighted by Gasteiger charge is 2.03. The van der Waals surface area contributed by atoms with Crippen LogP contribution >= 0.6 is 23.8 Å². The van der Waals surface area contributed by atoms with Crippen molar-refractivity contribution in [1.29, 1.82) is 0 Å². The van der Waals surface area contributed by atoms with E-state index in [1.54, 1.807) is 0 Å². The smallest absolute Gasteiger partial charge is 0.294 e. The molecule has 0 fully saturated rings. The van der Waals surface area contributed by atoms with Crippen LogP contribution in [-0.2, 0) is 0 Å². The molecule has 2 aromatic heterocycles. The predicted octanol–water partition coefficient (Wildman–Crippen LogP) is 0.734. The first-order valence-electron chi connectivity index (χ1n) is 3.04. The number of fused-ring (bicyclic) bond motifs is 1. The van der Waals surface area contributed by atoms with Gasteiger partial charge in [0.2, 0.25) is 4.77 Å². The molecule has 12 heavy (non-hydrogen) atoms. The molecule has 0 saturated carbocycles. The van der Waals surface area contributed by atoms with E-state index in [0.29, 0.717) is 10.7 Å². The van der Waals surface area contributed by atoms with E-state index in [1.165, 1.54) is 10.7 Å². The average molecular weight is 203 g/mol. The summed E-state index contributed by atoms with van der Waals surface area (Å²) < 4.78 is 1.31. The van der Waals surface area contributed by atoms with Gasteiger partial charge in [-0.2, -0.15) is 9.50 Å². The van der Waals surface area contributed by atoms with Crippen LogP contribution in [0.2, 0.25) is 5.02 Å². The van der Waals surface area contributed by atoms with Crippen molar-refractivity contribution in [2.45, 2.75) is 0 Å². The molecule has 62 valence electrons. The molecule has 0 radical (unpaired) electrons. The van der Waals surface area contributed by atoms with Crippen LogP contribution in [0.4, 0.5) is 0 Å². The summed E-state index contributed by atoms with van der Waals surface area (Å²) >= 11 is 10.4. The minimum atomic E-state index is -0.378. The number of hydrogen-bond donors (Lipinski definition) is 2. The van der Waals surface area contributed by atoms with Gasteiger partial charge in [0.1, 0.15) is 5.02 Å². The van der Waals surface area contributed by atoms with E-state index in [2.05, 4.69) is 15.1 Å². The van der Waals surface area contributed by atoms with Gasteiger partial charge in [0.05, 0.1) is 0 Å². The van der Waals surface area contributed by atoms with Crippen LogP contribution in [0.3, 0.4) is 0 Å². The van der Waals surface area contributed by atoms with Gasteiger partial charge in [0.15, 0.2) is 5.65 Å². The summed E-state index contributed by atoms with van der Waals surface area (Å²) in [5.74, 6) is 0. The summed E-state index contributed by atoms with van der Waals surface area (Å²) in [5.41, 5.74) is -0.0395. The Morgan fingerprint density at radius 2 is 2.42 bits per heavy atom. The van der Waals surface area contributed by atoms with Crippen LogP contribution < -0.4 is 5.69 Å². The minimum Gasteiger partial charge on any atom is -0.294 e. The van der Waals surface area contributed by atoms with Gasteiger partial charge < -0.3 is 0 Å². The van der Waals surface area contributed by atoms with Crippen LogP contribution in [0, 0.1) is 4.77 Å². The highest BCUT2D eigenvalue weighted by molar-refractivity contribution is 7.71. The van der Waals surface area contributed by atoms with Crippen LogP contribution in [0.5, 0.6) is 0 Å². The number of aromatic amines is 2. The summed E-state index contributed by atoms with van der Waals surface area (Å²) in [5, 5.41) is 2.98. The van der Waals surface area contributed by atoms with Gasteiger partial charge >= 0.3 is 5.69 Å². The van der Waals surface area contributed by atoms with E-state index in [0.717, 1.165) is 0 Å². The van der Waals surface area contributed by atoms with E-state index in [-0.39, 0.29) is 10.5 Å². The largest absolute Gasteiger partial charge is 0.348 e. The second-order valence-electron chi connectivity index (χ2n) is 2.13. The molecular formula is C5H3ClN4OS. The maximum absolute atomic E-state index is 11.1. The van der Waals surface area contributed by atoms with Crippen molar-refractivity contribution in [3.8, 4) is 0 Å². The lowest BCUT2D eigenvalue weighted by molar-refractivity contribution is 0.833. The molecule has 5 nitrogen and oxygen atoms in total. The Kier molecular flexibility index (Phi) is 1.52. The van der Waals surface area contributed by atoms with Crippen LogP contribution in [0.25, 0.3) is 5.65 Å². The van der Waals surface area contributed by atoms with Crippen molar-refractivity contribution in [1.82, 2.24) is 19.6 Å². The van der Waals surface area contributed by atoms with Gasteiger partial charge in [-0.15, -0.1) is 0 Å². The Balaban J connectivity index is 3.13. The van der Waals surface area contributed by atoms with Crippen molar-refractivity contribution < 1.29 is 0 Å². The Labute approximate surface area is 76.0 Å². The Morgan fingerprint density at radius 3 is 3.17 bits per heavy atom. The third-order valence-corrected chi connectivity index (χ3v) is 1.84. The molecule has 0 aliphatic carbocycles. The lowest BCUT2D eigenvalue weighted by Gasteiger charge is -1.89. The minimum absolute atomic E-state index is 0.126. The molecule has 0 amide bonds. The molecule has 0 saturated heterocycles. The fraction of sp³-hybridized carbons (Fsp3) is 0. The molecule has 2 heterocycles. The molecule has 7 heteroatoms. The van der Waals surface area contributed by atoms with Crippen molar-refractivity contribution in [3.63, 3.8) is 0 Å². The van der Waals surface area contributed by atoms with E-state index in [4.69, 9.17) is 23.8 Å². The van der Waals surface area contributed by atoms with E-state index in [9.17, 15) is 4.79 Å². The molecule has 0 aromatic carbocycles. The molecule has 2 rings (SSSR count). The molecule has 0 unspecified atom stereocenters. The number of hydrogen-bond acceptors (Lipinski definition) is 3. The molecule has 0 spiro atoms. The molecule has 0 atom stereocenters. The topological polar surface area (TPSA) is 66.0 Å². The molecule has 2 aromatic rings. The zero-order valence-electron chi connectivity index (χ0n) is 5.67. The number of aromatic nitrogens is 4. The molecular weight excluding hydrogens is 200 g/mol. The number of H-pyrrole nitrogens is 2. The summed E-state index contributed by atoms with van der Waals surface area (Å²) in [6.07, 6.45) is 1.47. The fourth-order valence-electron chi connectivity index (χ4n) is 0.883. The van der Waals surface area contributed by atoms with Crippen molar-refractivity contribution in [2.75, 3.05) is 0 Å². The van der Waals surface area contributed by atoms with E-state index >= 15 is 0 Å². The summed E-state index contributed by atoms with van der Waals surface area (Å²) in [6, 6.07) is 0. The number of nitrogens with zero attached hydrogens (tertiary/aromatic N) is 2. The summed E-state index contributed by atoms with van der Waals surface area (Å²) in [6.45, 7) is 0. The SMILES string of the molecule is O=c1[nH]c(=S)nc2c(Cl)c[nH]n12. The molecule has 2 N–H and O–H groups in total. The van der Waals surface area contributed by atoms with Gasteiger partial charge in [-0.25, -0.2) is 4.79 Å². The Bertz CT molecular complexity index is 538. The monoisotopic (exact) mass is 202 g/mol. The maximum Gasteiger partial charge on any atom is 0.348 e. The molecule has 0 bridgehead atoms. The third kappa shape index (κ3) is 0.961. The van der Waals surface area contributed by atoms with Crippen molar-refractivity contribution >= 4 is 29.5 Å².